The van der Waals surface area contributed by atoms with Crippen LogP contribution in [-0.4, -0.2) is 40.1 Å². The molecule has 0 radical (unpaired) electrons. The second-order valence-corrected chi connectivity index (χ2v) is 6.66. The first-order valence-corrected chi connectivity index (χ1v) is 8.54. The van der Waals surface area contributed by atoms with E-state index in [0.717, 1.165) is 5.56 Å². The number of thioether (sulfide) groups is 1. The Morgan fingerprint density at radius 2 is 1.80 bits per heavy atom. The SMILES string of the molecule is CN(C)C(=O)[C@@H](Sc1n[nH]c(-c2ccccc2F)n1)c1ccccc1. The van der Waals surface area contributed by atoms with Crippen LogP contribution in [0.3, 0.4) is 0 Å². The van der Waals surface area contributed by atoms with E-state index in [1.54, 1.807) is 32.3 Å². The Bertz CT molecular complexity index is 866. The largest absolute Gasteiger partial charge is 0.348 e. The molecule has 0 saturated heterocycles. The van der Waals surface area contributed by atoms with E-state index in [4.69, 9.17) is 0 Å². The maximum Gasteiger partial charge on any atom is 0.240 e. The lowest BCUT2D eigenvalue weighted by Crippen LogP contribution is -2.26. The molecule has 0 aliphatic heterocycles. The van der Waals surface area contributed by atoms with E-state index in [1.165, 1.54) is 22.7 Å². The summed E-state index contributed by atoms with van der Waals surface area (Å²) in [4.78, 5) is 18.4. The van der Waals surface area contributed by atoms with Crippen molar-refractivity contribution in [1.82, 2.24) is 20.1 Å². The van der Waals surface area contributed by atoms with Crippen molar-refractivity contribution in [3.63, 3.8) is 0 Å². The lowest BCUT2D eigenvalue weighted by atomic mass is 10.1. The van der Waals surface area contributed by atoms with Gasteiger partial charge in [0.1, 0.15) is 11.1 Å². The first-order chi connectivity index (χ1) is 12.1. The third-order valence-electron chi connectivity index (χ3n) is 3.58. The van der Waals surface area contributed by atoms with Crippen LogP contribution < -0.4 is 0 Å². The number of benzene rings is 2. The molecule has 1 aromatic heterocycles. The van der Waals surface area contributed by atoms with Crippen LogP contribution in [-0.2, 0) is 4.79 Å². The Balaban J connectivity index is 1.88. The maximum atomic E-state index is 13.9. The molecule has 0 fully saturated rings. The van der Waals surface area contributed by atoms with E-state index in [1.807, 2.05) is 30.3 Å². The quantitative estimate of drug-likeness (QED) is 0.711. The topological polar surface area (TPSA) is 61.9 Å². The number of hydrogen-bond acceptors (Lipinski definition) is 4. The maximum absolute atomic E-state index is 13.9. The normalized spacial score (nSPS) is 12.0. The van der Waals surface area contributed by atoms with Gasteiger partial charge in [-0.05, 0) is 17.7 Å². The molecule has 0 aliphatic carbocycles. The summed E-state index contributed by atoms with van der Waals surface area (Å²) in [6.07, 6.45) is 0. The Morgan fingerprint density at radius 1 is 1.12 bits per heavy atom. The minimum atomic E-state index is -0.472. The third kappa shape index (κ3) is 3.88. The van der Waals surface area contributed by atoms with Crippen molar-refractivity contribution >= 4 is 17.7 Å². The number of H-pyrrole nitrogens is 1. The first kappa shape index (κ1) is 17.2. The molecule has 3 rings (SSSR count). The fourth-order valence-corrected chi connectivity index (χ4v) is 3.36. The number of amides is 1. The molecule has 0 saturated carbocycles. The van der Waals surface area contributed by atoms with Gasteiger partial charge in [0, 0.05) is 14.1 Å². The summed E-state index contributed by atoms with van der Waals surface area (Å²) in [6.45, 7) is 0. The number of likely N-dealkylation sites (N-methyl/N-ethyl adjacent to an activating group) is 1. The summed E-state index contributed by atoms with van der Waals surface area (Å²) in [5.74, 6) is -0.0997. The molecule has 0 spiro atoms. The molecule has 1 N–H and O–H groups in total. The lowest BCUT2D eigenvalue weighted by molar-refractivity contribution is -0.128. The predicted octanol–water partition coefficient (Wildman–Crippen LogP) is 3.53. The van der Waals surface area contributed by atoms with Gasteiger partial charge in [-0.1, -0.05) is 54.2 Å². The predicted molar refractivity (Wildman–Crippen MR) is 95.5 cm³/mol. The van der Waals surface area contributed by atoms with Gasteiger partial charge >= 0.3 is 0 Å². The number of carbonyl (C=O) groups excluding carboxylic acids is 1. The number of nitrogens with one attached hydrogen (secondary N) is 1. The average molecular weight is 356 g/mol. The van der Waals surface area contributed by atoms with Crippen molar-refractivity contribution in [1.29, 1.82) is 0 Å². The van der Waals surface area contributed by atoms with Gasteiger partial charge in [0.25, 0.3) is 0 Å². The van der Waals surface area contributed by atoms with Gasteiger partial charge < -0.3 is 4.90 Å². The summed E-state index contributed by atoms with van der Waals surface area (Å²) < 4.78 is 13.9. The molecule has 2 aromatic carbocycles. The molecule has 1 atom stereocenters. The molecule has 128 valence electrons. The van der Waals surface area contributed by atoms with Crippen molar-refractivity contribution in [2.75, 3.05) is 14.1 Å². The summed E-state index contributed by atoms with van der Waals surface area (Å²) in [5.41, 5.74) is 1.21. The first-order valence-electron chi connectivity index (χ1n) is 7.66. The van der Waals surface area contributed by atoms with E-state index in [2.05, 4.69) is 15.2 Å². The van der Waals surface area contributed by atoms with Gasteiger partial charge in [0.05, 0.1) is 5.56 Å². The second kappa shape index (κ2) is 7.48. The second-order valence-electron chi connectivity index (χ2n) is 5.59. The number of aromatic amines is 1. The summed E-state index contributed by atoms with van der Waals surface area (Å²) in [6, 6.07) is 15.8. The minimum Gasteiger partial charge on any atom is -0.348 e. The average Bonchev–Trinajstić information content (AvgIpc) is 3.08. The van der Waals surface area contributed by atoms with Crippen LogP contribution in [0.4, 0.5) is 4.39 Å². The van der Waals surface area contributed by atoms with Gasteiger partial charge in [0.2, 0.25) is 11.1 Å². The Morgan fingerprint density at radius 3 is 2.48 bits per heavy atom. The zero-order valence-electron chi connectivity index (χ0n) is 13.8. The summed E-state index contributed by atoms with van der Waals surface area (Å²) >= 11 is 1.23. The van der Waals surface area contributed by atoms with Gasteiger partial charge in [-0.15, -0.1) is 5.10 Å². The van der Waals surface area contributed by atoms with Crippen LogP contribution in [0.2, 0.25) is 0 Å². The van der Waals surface area contributed by atoms with Crippen molar-refractivity contribution in [2.24, 2.45) is 0 Å². The van der Waals surface area contributed by atoms with Crippen LogP contribution in [0.25, 0.3) is 11.4 Å². The molecule has 3 aromatic rings. The third-order valence-corrected chi connectivity index (χ3v) is 4.69. The van der Waals surface area contributed by atoms with Crippen molar-refractivity contribution in [2.45, 2.75) is 10.4 Å². The fraction of sp³-hybridized carbons (Fsp3) is 0.167. The molecule has 1 amide bonds. The fourth-order valence-electron chi connectivity index (χ4n) is 2.30. The van der Waals surface area contributed by atoms with Gasteiger partial charge in [-0.25, -0.2) is 9.37 Å². The standard InChI is InChI=1S/C18H17FN4OS/c1-23(2)17(24)15(12-8-4-3-5-9-12)25-18-20-16(21-22-18)13-10-6-7-11-14(13)19/h3-11,15H,1-2H3,(H,20,21,22)/t15-/m0/s1. The smallest absolute Gasteiger partial charge is 0.240 e. The van der Waals surface area contributed by atoms with Crippen LogP contribution in [0.5, 0.6) is 0 Å². The number of halogens is 1. The van der Waals surface area contributed by atoms with Crippen molar-refractivity contribution in [3.8, 4) is 11.4 Å². The highest BCUT2D eigenvalue weighted by molar-refractivity contribution is 8.00. The molecule has 0 bridgehead atoms. The Kier molecular flexibility index (Phi) is 5.14. The Labute approximate surface area is 149 Å². The number of rotatable bonds is 5. The highest BCUT2D eigenvalue weighted by atomic mass is 32.2. The molecule has 0 aliphatic rings. The summed E-state index contributed by atoms with van der Waals surface area (Å²) in [5, 5.41) is 6.79. The number of nitrogens with zero attached hydrogens (tertiary/aromatic N) is 3. The van der Waals surface area contributed by atoms with Gasteiger partial charge in [-0.2, -0.15) is 0 Å². The Hall–Kier alpha value is -2.67. The van der Waals surface area contributed by atoms with Crippen molar-refractivity contribution in [3.05, 3.63) is 66.0 Å². The number of hydrogen-bond donors (Lipinski definition) is 1. The van der Waals surface area contributed by atoms with Gasteiger partial charge in [0.15, 0.2) is 5.82 Å². The zero-order valence-corrected chi connectivity index (χ0v) is 14.6. The van der Waals surface area contributed by atoms with E-state index in [-0.39, 0.29) is 11.7 Å². The molecular formula is C18H17FN4OS. The highest BCUT2D eigenvalue weighted by Gasteiger charge is 2.25. The van der Waals surface area contributed by atoms with E-state index in [9.17, 15) is 9.18 Å². The molecule has 1 heterocycles. The monoisotopic (exact) mass is 356 g/mol. The number of aromatic nitrogens is 3. The number of carbonyl (C=O) groups is 1. The molecule has 25 heavy (non-hydrogen) atoms. The lowest BCUT2D eigenvalue weighted by Gasteiger charge is -2.19. The molecular weight excluding hydrogens is 339 g/mol. The summed E-state index contributed by atoms with van der Waals surface area (Å²) in [7, 11) is 3.42. The molecule has 7 heteroatoms. The minimum absolute atomic E-state index is 0.0616. The van der Waals surface area contributed by atoms with E-state index < -0.39 is 5.25 Å². The van der Waals surface area contributed by atoms with Gasteiger partial charge in [-0.3, -0.25) is 9.89 Å². The molecule has 0 unspecified atom stereocenters. The zero-order chi connectivity index (χ0) is 17.8. The van der Waals surface area contributed by atoms with Crippen LogP contribution >= 0.6 is 11.8 Å². The van der Waals surface area contributed by atoms with E-state index >= 15 is 0 Å². The van der Waals surface area contributed by atoms with Crippen LogP contribution in [0.1, 0.15) is 10.8 Å². The van der Waals surface area contributed by atoms with E-state index in [0.29, 0.717) is 16.5 Å². The van der Waals surface area contributed by atoms with Crippen LogP contribution in [0, 0.1) is 5.82 Å². The van der Waals surface area contributed by atoms with Crippen molar-refractivity contribution < 1.29 is 9.18 Å². The van der Waals surface area contributed by atoms with Crippen LogP contribution in [0.15, 0.2) is 59.8 Å². The highest BCUT2D eigenvalue weighted by Crippen LogP contribution is 2.35. The molecule has 5 nitrogen and oxygen atoms in total.